The highest BCUT2D eigenvalue weighted by Crippen LogP contribution is 2.35. The summed E-state index contributed by atoms with van der Waals surface area (Å²) in [6.45, 7) is 8.52. The van der Waals surface area contributed by atoms with Crippen molar-refractivity contribution in [1.29, 1.82) is 0 Å². The third kappa shape index (κ3) is 7.41. The van der Waals surface area contributed by atoms with Crippen LogP contribution in [0.15, 0.2) is 36.5 Å². The van der Waals surface area contributed by atoms with E-state index in [-0.39, 0.29) is 31.0 Å². The molecule has 3 aromatic rings. The van der Waals surface area contributed by atoms with Gasteiger partial charge in [0, 0.05) is 44.5 Å². The molecule has 0 spiro atoms. The number of hydrogen-bond acceptors (Lipinski definition) is 10. The number of nitrogens with one attached hydrogen (secondary N) is 3. The highest BCUT2D eigenvalue weighted by atomic mass is 19.1. The molecule has 6 rings (SSSR count). The number of carbonyl (C=O) groups excluding carboxylic acids is 1. The SMILES string of the molecule is CC1(C(=O)NCC2CCCO2)COC(c2nc(-c3ccc(F)cc3)c(-c3ccnc(NCCCN4CCOCC4)n3)[nH]2)OC1. The molecule has 3 saturated heterocycles. The molecule has 1 atom stereocenters. The van der Waals surface area contributed by atoms with Crippen LogP contribution < -0.4 is 10.6 Å². The van der Waals surface area contributed by atoms with Crippen LogP contribution >= 0.6 is 0 Å². The van der Waals surface area contributed by atoms with Crippen LogP contribution in [0.2, 0.25) is 0 Å². The molecule has 236 valence electrons. The summed E-state index contributed by atoms with van der Waals surface area (Å²) < 4.78 is 36.9. The van der Waals surface area contributed by atoms with Crippen LogP contribution in [-0.4, -0.2) is 103 Å². The Balaban J connectivity index is 1.14. The van der Waals surface area contributed by atoms with E-state index in [9.17, 15) is 9.18 Å². The molecule has 12 nitrogen and oxygen atoms in total. The van der Waals surface area contributed by atoms with Crippen LogP contribution in [0.25, 0.3) is 22.6 Å². The third-order valence-corrected chi connectivity index (χ3v) is 8.18. The average Bonchev–Trinajstić information content (AvgIpc) is 3.74. The molecule has 1 aromatic carbocycles. The normalized spacial score (nSPS) is 24.3. The zero-order chi connectivity index (χ0) is 30.4. The fourth-order valence-corrected chi connectivity index (χ4v) is 5.54. The summed E-state index contributed by atoms with van der Waals surface area (Å²) in [5.41, 5.74) is 1.67. The van der Waals surface area contributed by atoms with Crippen molar-refractivity contribution in [3.63, 3.8) is 0 Å². The van der Waals surface area contributed by atoms with Gasteiger partial charge in [0.25, 0.3) is 0 Å². The summed E-state index contributed by atoms with van der Waals surface area (Å²) in [6.07, 6.45) is 3.84. The number of H-pyrrole nitrogens is 1. The van der Waals surface area contributed by atoms with Gasteiger partial charge in [0.15, 0.2) is 5.82 Å². The minimum absolute atomic E-state index is 0.0553. The largest absolute Gasteiger partial charge is 0.379 e. The molecule has 2 aromatic heterocycles. The van der Waals surface area contributed by atoms with Crippen LogP contribution in [0.4, 0.5) is 10.3 Å². The molecule has 1 amide bonds. The third-order valence-electron chi connectivity index (χ3n) is 8.18. The maximum atomic E-state index is 13.8. The van der Waals surface area contributed by atoms with Crippen LogP contribution in [-0.2, 0) is 23.7 Å². The number of anilines is 1. The molecule has 0 radical (unpaired) electrons. The van der Waals surface area contributed by atoms with Crippen molar-refractivity contribution in [3.05, 3.63) is 48.2 Å². The van der Waals surface area contributed by atoms with Gasteiger partial charge in [-0.05, 0) is 63.1 Å². The van der Waals surface area contributed by atoms with E-state index >= 15 is 0 Å². The lowest BCUT2D eigenvalue weighted by Crippen LogP contribution is -2.49. The van der Waals surface area contributed by atoms with E-state index in [0.717, 1.165) is 65.3 Å². The Morgan fingerprint density at radius 1 is 1.09 bits per heavy atom. The standard InChI is InChI=1S/C31H40FN7O5/c1-31(29(40)35-18-23-4-2-15-42-23)19-43-28(44-20-31)27-37-25(21-5-7-22(32)8-6-21)26(38-27)24-9-11-34-30(36-24)33-10-3-12-39-13-16-41-17-14-39/h5-9,11,23,28H,2-4,10,12-20H2,1H3,(H,35,40)(H,37,38)(H,33,34,36). The summed E-state index contributed by atoms with van der Waals surface area (Å²) >= 11 is 0. The quantitative estimate of drug-likeness (QED) is 0.278. The van der Waals surface area contributed by atoms with Gasteiger partial charge in [-0.15, -0.1) is 0 Å². The molecule has 0 saturated carbocycles. The molecule has 1 unspecified atom stereocenters. The Morgan fingerprint density at radius 2 is 1.89 bits per heavy atom. The average molecular weight is 610 g/mol. The van der Waals surface area contributed by atoms with Gasteiger partial charge in [0.05, 0.1) is 55.0 Å². The predicted octanol–water partition coefficient (Wildman–Crippen LogP) is 3.15. The van der Waals surface area contributed by atoms with Gasteiger partial charge >= 0.3 is 0 Å². The van der Waals surface area contributed by atoms with Crippen molar-refractivity contribution in [2.24, 2.45) is 5.41 Å². The number of imidazole rings is 1. The monoisotopic (exact) mass is 609 g/mol. The molecule has 44 heavy (non-hydrogen) atoms. The van der Waals surface area contributed by atoms with Gasteiger partial charge in [0.1, 0.15) is 5.82 Å². The lowest BCUT2D eigenvalue weighted by Gasteiger charge is -2.35. The Bertz CT molecular complexity index is 1380. The topological polar surface area (TPSA) is 136 Å². The van der Waals surface area contributed by atoms with Crippen molar-refractivity contribution in [3.8, 4) is 22.6 Å². The minimum atomic E-state index is -0.848. The molecule has 0 bridgehead atoms. The fourth-order valence-electron chi connectivity index (χ4n) is 5.54. The molecule has 3 aliphatic heterocycles. The van der Waals surface area contributed by atoms with Gasteiger partial charge in [-0.3, -0.25) is 9.69 Å². The van der Waals surface area contributed by atoms with Gasteiger partial charge in [-0.1, -0.05) is 0 Å². The molecular formula is C31H40FN7O5. The van der Waals surface area contributed by atoms with Crippen molar-refractivity contribution in [1.82, 2.24) is 30.2 Å². The van der Waals surface area contributed by atoms with Crippen molar-refractivity contribution in [2.45, 2.75) is 38.6 Å². The van der Waals surface area contributed by atoms with Gasteiger partial charge in [0.2, 0.25) is 18.1 Å². The fraction of sp³-hybridized carbons (Fsp3) is 0.548. The van der Waals surface area contributed by atoms with E-state index < -0.39 is 11.7 Å². The maximum Gasteiger partial charge on any atom is 0.230 e. The number of amides is 1. The van der Waals surface area contributed by atoms with Gasteiger partial charge in [-0.25, -0.2) is 19.3 Å². The number of rotatable bonds is 11. The number of benzene rings is 1. The van der Waals surface area contributed by atoms with E-state index in [2.05, 4.69) is 25.5 Å². The van der Waals surface area contributed by atoms with Crippen LogP contribution in [0.5, 0.6) is 0 Å². The molecule has 13 heteroatoms. The number of nitrogens with zero attached hydrogens (tertiary/aromatic N) is 4. The first-order valence-electron chi connectivity index (χ1n) is 15.3. The number of morpholine rings is 1. The van der Waals surface area contributed by atoms with Crippen molar-refractivity contribution >= 4 is 11.9 Å². The Labute approximate surface area is 256 Å². The number of aromatic nitrogens is 4. The number of ether oxygens (including phenoxy) is 4. The minimum Gasteiger partial charge on any atom is -0.379 e. The maximum absolute atomic E-state index is 13.8. The molecule has 0 aliphatic carbocycles. The smallest absolute Gasteiger partial charge is 0.230 e. The number of hydrogen-bond donors (Lipinski definition) is 3. The van der Waals surface area contributed by atoms with Gasteiger partial charge in [-0.2, -0.15) is 0 Å². The van der Waals surface area contributed by atoms with Crippen LogP contribution in [0.3, 0.4) is 0 Å². The Morgan fingerprint density at radius 3 is 2.64 bits per heavy atom. The van der Waals surface area contributed by atoms with E-state index in [1.165, 1.54) is 12.1 Å². The lowest BCUT2D eigenvalue weighted by molar-refractivity contribution is -0.231. The van der Waals surface area contributed by atoms with Crippen molar-refractivity contribution in [2.75, 3.05) is 71.1 Å². The van der Waals surface area contributed by atoms with Crippen LogP contribution in [0.1, 0.15) is 38.3 Å². The van der Waals surface area contributed by atoms with E-state index in [4.69, 9.17) is 28.9 Å². The zero-order valence-corrected chi connectivity index (χ0v) is 25.0. The highest BCUT2D eigenvalue weighted by Gasteiger charge is 2.41. The predicted molar refractivity (Wildman–Crippen MR) is 160 cm³/mol. The summed E-state index contributed by atoms with van der Waals surface area (Å²) in [5.74, 6) is 0.456. The van der Waals surface area contributed by atoms with E-state index in [1.54, 1.807) is 24.4 Å². The summed E-state index contributed by atoms with van der Waals surface area (Å²) in [5, 5.41) is 6.30. The second kappa shape index (κ2) is 14.1. The first-order valence-corrected chi connectivity index (χ1v) is 15.3. The second-order valence-corrected chi connectivity index (χ2v) is 11.7. The Kier molecular flexibility index (Phi) is 9.77. The molecule has 3 fully saturated rings. The highest BCUT2D eigenvalue weighted by molar-refractivity contribution is 5.82. The molecule has 3 N–H and O–H groups in total. The first-order chi connectivity index (χ1) is 21.5. The molecular weight excluding hydrogens is 569 g/mol. The first kappa shape index (κ1) is 30.5. The summed E-state index contributed by atoms with van der Waals surface area (Å²) in [4.78, 5) is 32.6. The molecule has 5 heterocycles. The number of carbonyl (C=O) groups is 1. The molecule has 3 aliphatic rings. The van der Waals surface area contributed by atoms with E-state index in [1.807, 2.05) is 6.92 Å². The van der Waals surface area contributed by atoms with E-state index in [0.29, 0.717) is 41.0 Å². The number of halogens is 1. The van der Waals surface area contributed by atoms with Crippen molar-refractivity contribution < 1.29 is 28.1 Å². The Hall–Kier alpha value is -3.49. The van der Waals surface area contributed by atoms with Crippen LogP contribution in [0, 0.1) is 11.2 Å². The number of aromatic amines is 1. The lowest BCUT2D eigenvalue weighted by atomic mass is 9.91. The summed E-state index contributed by atoms with van der Waals surface area (Å²) in [6, 6.07) is 7.92. The summed E-state index contributed by atoms with van der Waals surface area (Å²) in [7, 11) is 0. The van der Waals surface area contributed by atoms with Gasteiger partial charge < -0.3 is 34.6 Å². The second-order valence-electron chi connectivity index (χ2n) is 11.7. The zero-order valence-electron chi connectivity index (χ0n) is 25.0.